The third kappa shape index (κ3) is 6.44. The van der Waals surface area contributed by atoms with Crippen LogP contribution in [0.5, 0.6) is 0 Å². The van der Waals surface area contributed by atoms with Crippen LogP contribution in [-0.2, 0) is 0 Å². The Morgan fingerprint density at radius 3 is 1.94 bits per heavy atom. The topological polar surface area (TPSA) is 32.3 Å². The molecule has 98 valence electrons. The van der Waals surface area contributed by atoms with Crippen molar-refractivity contribution in [2.75, 3.05) is 13.2 Å². The summed E-state index contributed by atoms with van der Waals surface area (Å²) < 4.78 is 12.1. The number of hydrogen-bond donors (Lipinski definition) is 2. The standard InChI is InChI=1S/C13H28FNO/c1-12(2,3)9-10(13(4,5)6)11(16)15-8-7-14/h10-11,15-16H,7-9H2,1-6H3. The van der Waals surface area contributed by atoms with Crippen LogP contribution < -0.4 is 5.32 Å². The fourth-order valence-corrected chi connectivity index (χ4v) is 1.90. The van der Waals surface area contributed by atoms with Gasteiger partial charge in [-0.05, 0) is 17.3 Å². The summed E-state index contributed by atoms with van der Waals surface area (Å²) in [5.41, 5.74) is 0.173. The lowest BCUT2D eigenvalue weighted by molar-refractivity contribution is -0.00489. The van der Waals surface area contributed by atoms with Gasteiger partial charge in [0.15, 0.2) is 0 Å². The fourth-order valence-electron chi connectivity index (χ4n) is 1.90. The van der Waals surface area contributed by atoms with Crippen molar-refractivity contribution < 1.29 is 9.50 Å². The molecule has 0 rings (SSSR count). The van der Waals surface area contributed by atoms with Gasteiger partial charge >= 0.3 is 0 Å². The van der Waals surface area contributed by atoms with E-state index in [2.05, 4.69) is 46.9 Å². The summed E-state index contributed by atoms with van der Waals surface area (Å²) in [6.07, 6.45) is 0.284. The maximum Gasteiger partial charge on any atom is 0.108 e. The molecule has 0 aliphatic rings. The van der Waals surface area contributed by atoms with Gasteiger partial charge in [0.1, 0.15) is 12.9 Å². The molecule has 0 radical (unpaired) electrons. The van der Waals surface area contributed by atoms with Crippen molar-refractivity contribution in [3.05, 3.63) is 0 Å². The molecule has 0 bridgehead atoms. The Kier molecular flexibility index (Phi) is 5.91. The molecule has 0 aromatic heterocycles. The van der Waals surface area contributed by atoms with Gasteiger partial charge in [0.2, 0.25) is 0 Å². The van der Waals surface area contributed by atoms with Crippen LogP contribution in [0.3, 0.4) is 0 Å². The molecule has 2 unspecified atom stereocenters. The highest BCUT2D eigenvalue weighted by Crippen LogP contribution is 2.37. The van der Waals surface area contributed by atoms with E-state index in [1.54, 1.807) is 0 Å². The van der Waals surface area contributed by atoms with Crippen LogP contribution in [0.25, 0.3) is 0 Å². The van der Waals surface area contributed by atoms with Gasteiger partial charge in [0, 0.05) is 12.5 Å². The predicted octanol–water partition coefficient (Wildman–Crippen LogP) is 2.96. The van der Waals surface area contributed by atoms with Crippen molar-refractivity contribution in [2.24, 2.45) is 16.7 Å². The molecule has 3 heteroatoms. The Bertz CT molecular complexity index is 193. The maximum atomic E-state index is 12.1. The van der Waals surface area contributed by atoms with E-state index < -0.39 is 12.9 Å². The molecule has 0 spiro atoms. The van der Waals surface area contributed by atoms with E-state index in [-0.39, 0.29) is 23.3 Å². The molecule has 0 fully saturated rings. The minimum absolute atomic E-state index is 0.00993. The molecule has 16 heavy (non-hydrogen) atoms. The number of alkyl halides is 1. The van der Waals surface area contributed by atoms with Gasteiger partial charge in [-0.3, -0.25) is 5.32 Å². The molecule has 0 aliphatic heterocycles. The summed E-state index contributed by atoms with van der Waals surface area (Å²) in [5.74, 6) is 0.124. The summed E-state index contributed by atoms with van der Waals surface area (Å²) in [6.45, 7) is 12.6. The smallest absolute Gasteiger partial charge is 0.108 e. The van der Waals surface area contributed by atoms with Crippen LogP contribution in [0.4, 0.5) is 4.39 Å². The number of aliphatic hydroxyl groups excluding tert-OH is 1. The summed E-state index contributed by atoms with van der Waals surface area (Å²) in [7, 11) is 0. The molecule has 0 heterocycles. The van der Waals surface area contributed by atoms with E-state index in [0.29, 0.717) is 0 Å². The van der Waals surface area contributed by atoms with E-state index in [9.17, 15) is 9.50 Å². The molecular formula is C13H28FNO. The molecular weight excluding hydrogens is 205 g/mol. The summed E-state index contributed by atoms with van der Waals surface area (Å²) in [5, 5.41) is 12.9. The lowest BCUT2D eigenvalue weighted by Gasteiger charge is -2.38. The quantitative estimate of drug-likeness (QED) is 0.716. The van der Waals surface area contributed by atoms with Crippen molar-refractivity contribution in [1.29, 1.82) is 0 Å². The summed E-state index contributed by atoms with van der Waals surface area (Å²) >= 11 is 0. The van der Waals surface area contributed by atoms with Gasteiger partial charge in [-0.25, -0.2) is 4.39 Å². The molecule has 0 saturated heterocycles. The molecule has 2 nitrogen and oxygen atoms in total. The van der Waals surface area contributed by atoms with Crippen molar-refractivity contribution in [3.63, 3.8) is 0 Å². The van der Waals surface area contributed by atoms with Gasteiger partial charge in [-0.15, -0.1) is 0 Å². The van der Waals surface area contributed by atoms with E-state index >= 15 is 0 Å². The number of nitrogens with one attached hydrogen (secondary N) is 1. The van der Waals surface area contributed by atoms with Gasteiger partial charge in [-0.1, -0.05) is 41.5 Å². The first kappa shape index (κ1) is 15.9. The average Bonchev–Trinajstić information content (AvgIpc) is 2.07. The van der Waals surface area contributed by atoms with E-state index in [1.807, 2.05) is 0 Å². The highest BCUT2D eigenvalue weighted by Gasteiger charge is 2.34. The monoisotopic (exact) mass is 233 g/mol. The van der Waals surface area contributed by atoms with Gasteiger partial charge in [0.25, 0.3) is 0 Å². The molecule has 2 atom stereocenters. The average molecular weight is 233 g/mol. The Hall–Kier alpha value is -0.150. The second kappa shape index (κ2) is 5.97. The molecule has 0 saturated carbocycles. The molecule has 0 aliphatic carbocycles. The molecule has 0 aromatic carbocycles. The summed E-state index contributed by atoms with van der Waals surface area (Å²) in [4.78, 5) is 0. The lowest BCUT2D eigenvalue weighted by Crippen LogP contribution is -2.44. The summed E-state index contributed by atoms with van der Waals surface area (Å²) in [6, 6.07) is 0. The number of hydrogen-bond acceptors (Lipinski definition) is 2. The first-order valence-electron chi connectivity index (χ1n) is 6.05. The minimum atomic E-state index is -0.630. The SMILES string of the molecule is CC(C)(C)CC(C(O)NCCF)C(C)(C)C. The Morgan fingerprint density at radius 1 is 1.12 bits per heavy atom. The maximum absolute atomic E-state index is 12.1. The number of halogens is 1. The van der Waals surface area contributed by atoms with Crippen LogP contribution in [0.1, 0.15) is 48.0 Å². The zero-order chi connectivity index (χ0) is 13.0. The lowest BCUT2D eigenvalue weighted by atomic mass is 9.71. The van der Waals surface area contributed by atoms with E-state index in [4.69, 9.17) is 0 Å². The van der Waals surface area contributed by atoms with Crippen molar-refractivity contribution >= 4 is 0 Å². The second-order valence-corrected chi connectivity index (χ2v) is 6.83. The normalized spacial score (nSPS) is 17.2. The van der Waals surface area contributed by atoms with Crippen molar-refractivity contribution in [3.8, 4) is 0 Å². The third-order valence-electron chi connectivity index (χ3n) is 2.77. The number of aliphatic hydroxyl groups is 1. The highest BCUT2D eigenvalue weighted by molar-refractivity contribution is 4.83. The minimum Gasteiger partial charge on any atom is -0.378 e. The first-order valence-corrected chi connectivity index (χ1v) is 6.05. The van der Waals surface area contributed by atoms with Crippen molar-refractivity contribution in [1.82, 2.24) is 5.32 Å². The fraction of sp³-hybridized carbons (Fsp3) is 1.00. The zero-order valence-electron chi connectivity index (χ0n) is 11.6. The molecule has 0 amide bonds. The Labute approximate surface area is 99.6 Å². The largest absolute Gasteiger partial charge is 0.378 e. The van der Waals surface area contributed by atoms with Gasteiger partial charge in [0.05, 0.1) is 0 Å². The van der Waals surface area contributed by atoms with Crippen molar-refractivity contribution in [2.45, 2.75) is 54.2 Å². The zero-order valence-corrected chi connectivity index (χ0v) is 11.6. The van der Waals surface area contributed by atoms with Crippen LogP contribution in [0, 0.1) is 16.7 Å². The molecule has 0 aromatic rings. The Morgan fingerprint density at radius 2 is 1.62 bits per heavy atom. The third-order valence-corrected chi connectivity index (χ3v) is 2.77. The first-order chi connectivity index (χ1) is 7.08. The predicted molar refractivity (Wildman–Crippen MR) is 67.0 cm³/mol. The van der Waals surface area contributed by atoms with Gasteiger partial charge in [-0.2, -0.15) is 0 Å². The second-order valence-electron chi connectivity index (χ2n) is 6.83. The van der Waals surface area contributed by atoms with Crippen LogP contribution in [0.15, 0.2) is 0 Å². The Balaban J connectivity index is 4.55. The van der Waals surface area contributed by atoms with Crippen LogP contribution in [0.2, 0.25) is 0 Å². The van der Waals surface area contributed by atoms with Crippen LogP contribution >= 0.6 is 0 Å². The van der Waals surface area contributed by atoms with E-state index in [1.165, 1.54) is 0 Å². The highest BCUT2D eigenvalue weighted by atomic mass is 19.1. The van der Waals surface area contributed by atoms with Gasteiger partial charge < -0.3 is 5.11 Å². The molecule has 2 N–H and O–H groups in total. The van der Waals surface area contributed by atoms with E-state index in [0.717, 1.165) is 6.42 Å². The number of rotatable bonds is 5. The van der Waals surface area contributed by atoms with Crippen LogP contribution in [-0.4, -0.2) is 24.6 Å².